The minimum Gasteiger partial charge on any atom is -0.457 e. The van der Waals surface area contributed by atoms with Crippen molar-refractivity contribution >= 4 is 5.78 Å². The van der Waals surface area contributed by atoms with Crippen LogP contribution < -0.4 is 4.74 Å². The van der Waals surface area contributed by atoms with E-state index in [4.69, 9.17) is 4.74 Å². The van der Waals surface area contributed by atoms with E-state index in [2.05, 4.69) is 0 Å². The topological polar surface area (TPSA) is 26.3 Å². The summed E-state index contributed by atoms with van der Waals surface area (Å²) in [5, 5.41) is 0. The molecule has 19 heavy (non-hydrogen) atoms. The molecule has 0 aliphatic heterocycles. The van der Waals surface area contributed by atoms with Gasteiger partial charge in [-0.25, -0.2) is 0 Å². The SMILES string of the molecule is Cc1cc(Oc2ccccc2)ccc1C(=O)C1CC1. The van der Waals surface area contributed by atoms with E-state index in [1.807, 2.05) is 55.5 Å². The fourth-order valence-electron chi connectivity index (χ4n) is 2.17. The molecule has 0 aromatic heterocycles. The third-order valence-electron chi connectivity index (χ3n) is 3.39. The Kier molecular flexibility index (Phi) is 3.08. The summed E-state index contributed by atoms with van der Waals surface area (Å²) in [4.78, 5) is 12.1. The summed E-state index contributed by atoms with van der Waals surface area (Å²) in [6.45, 7) is 1.97. The number of ether oxygens (including phenoxy) is 1. The molecule has 1 fully saturated rings. The standard InChI is InChI=1S/C17H16O2/c1-12-11-15(19-14-5-3-2-4-6-14)9-10-16(12)17(18)13-7-8-13/h2-6,9-11,13H,7-8H2,1H3. The Morgan fingerprint density at radius 3 is 2.42 bits per heavy atom. The van der Waals surface area contributed by atoms with Gasteiger partial charge in [0.05, 0.1) is 0 Å². The minimum absolute atomic E-state index is 0.264. The van der Waals surface area contributed by atoms with Crippen LogP contribution in [0.5, 0.6) is 11.5 Å². The highest BCUT2D eigenvalue weighted by atomic mass is 16.5. The zero-order valence-corrected chi connectivity index (χ0v) is 10.9. The van der Waals surface area contributed by atoms with Crippen molar-refractivity contribution in [2.75, 3.05) is 0 Å². The second kappa shape index (κ2) is 4.88. The summed E-state index contributed by atoms with van der Waals surface area (Å²) >= 11 is 0. The van der Waals surface area contributed by atoms with Crippen LogP contribution in [0.1, 0.15) is 28.8 Å². The van der Waals surface area contributed by atoms with Crippen LogP contribution in [0.2, 0.25) is 0 Å². The number of Topliss-reactive ketones (excluding diaryl/α,β-unsaturated/α-hetero) is 1. The minimum atomic E-state index is 0.264. The van der Waals surface area contributed by atoms with E-state index >= 15 is 0 Å². The lowest BCUT2D eigenvalue weighted by Gasteiger charge is -2.09. The van der Waals surface area contributed by atoms with Gasteiger partial charge in [0.15, 0.2) is 5.78 Å². The summed E-state index contributed by atoms with van der Waals surface area (Å²) in [5.41, 5.74) is 1.83. The molecule has 1 aliphatic rings. The molecule has 0 atom stereocenters. The highest BCUT2D eigenvalue weighted by molar-refractivity contribution is 6.00. The number of para-hydroxylation sites is 1. The summed E-state index contributed by atoms with van der Waals surface area (Å²) in [6.07, 6.45) is 2.08. The van der Waals surface area contributed by atoms with Crippen LogP contribution in [-0.4, -0.2) is 5.78 Å². The fourth-order valence-corrected chi connectivity index (χ4v) is 2.17. The Hall–Kier alpha value is -2.09. The lowest BCUT2D eigenvalue weighted by Crippen LogP contribution is -2.03. The predicted octanol–water partition coefficient (Wildman–Crippen LogP) is 4.38. The average Bonchev–Trinajstić information content (AvgIpc) is 3.24. The molecule has 96 valence electrons. The van der Waals surface area contributed by atoms with Gasteiger partial charge in [0.2, 0.25) is 0 Å². The number of carbonyl (C=O) groups excluding carboxylic acids is 1. The molecule has 0 radical (unpaired) electrons. The lowest BCUT2D eigenvalue weighted by molar-refractivity contribution is 0.0967. The summed E-state index contributed by atoms with van der Waals surface area (Å²) in [5.74, 6) is 2.13. The number of hydrogen-bond acceptors (Lipinski definition) is 2. The average molecular weight is 252 g/mol. The maximum Gasteiger partial charge on any atom is 0.166 e. The van der Waals surface area contributed by atoms with Crippen molar-refractivity contribution in [2.45, 2.75) is 19.8 Å². The van der Waals surface area contributed by atoms with Crippen molar-refractivity contribution in [3.63, 3.8) is 0 Å². The second-order valence-corrected chi connectivity index (χ2v) is 5.03. The molecule has 0 bridgehead atoms. The van der Waals surface area contributed by atoms with Crippen LogP contribution in [0.25, 0.3) is 0 Å². The van der Waals surface area contributed by atoms with E-state index in [-0.39, 0.29) is 11.7 Å². The second-order valence-electron chi connectivity index (χ2n) is 5.03. The van der Waals surface area contributed by atoms with Crippen molar-refractivity contribution < 1.29 is 9.53 Å². The molecule has 0 spiro atoms. The van der Waals surface area contributed by atoms with Crippen molar-refractivity contribution in [1.82, 2.24) is 0 Å². The smallest absolute Gasteiger partial charge is 0.166 e. The van der Waals surface area contributed by atoms with E-state index in [0.717, 1.165) is 35.5 Å². The van der Waals surface area contributed by atoms with Crippen LogP contribution in [0.3, 0.4) is 0 Å². The summed E-state index contributed by atoms with van der Waals surface area (Å²) < 4.78 is 5.76. The van der Waals surface area contributed by atoms with Gasteiger partial charge < -0.3 is 4.74 Å². The van der Waals surface area contributed by atoms with E-state index in [1.165, 1.54) is 0 Å². The third-order valence-corrected chi connectivity index (χ3v) is 3.39. The largest absolute Gasteiger partial charge is 0.457 e. The molecule has 0 N–H and O–H groups in total. The van der Waals surface area contributed by atoms with Crippen LogP contribution in [0, 0.1) is 12.8 Å². The van der Waals surface area contributed by atoms with E-state index in [9.17, 15) is 4.79 Å². The molecule has 2 aromatic rings. The Morgan fingerprint density at radius 1 is 1.05 bits per heavy atom. The Bertz CT molecular complexity index is 598. The van der Waals surface area contributed by atoms with Crippen LogP contribution >= 0.6 is 0 Å². The highest BCUT2D eigenvalue weighted by Gasteiger charge is 2.31. The first kappa shape index (κ1) is 12.0. The first-order valence-electron chi connectivity index (χ1n) is 6.62. The maximum absolute atomic E-state index is 12.1. The van der Waals surface area contributed by atoms with Crippen molar-refractivity contribution in [3.05, 3.63) is 59.7 Å². The lowest BCUT2D eigenvalue weighted by atomic mass is 10.0. The van der Waals surface area contributed by atoms with Gasteiger partial charge in [0.1, 0.15) is 11.5 Å². The first-order valence-corrected chi connectivity index (χ1v) is 6.62. The number of hydrogen-bond donors (Lipinski definition) is 0. The molecule has 0 heterocycles. The normalized spacial score (nSPS) is 14.2. The molecule has 2 heteroatoms. The van der Waals surface area contributed by atoms with E-state index in [0.29, 0.717) is 0 Å². The molecule has 1 saturated carbocycles. The number of carbonyl (C=O) groups is 1. The number of ketones is 1. The van der Waals surface area contributed by atoms with Gasteiger partial charge >= 0.3 is 0 Å². The number of rotatable bonds is 4. The zero-order valence-electron chi connectivity index (χ0n) is 10.9. The van der Waals surface area contributed by atoms with Gasteiger partial charge in [-0.15, -0.1) is 0 Å². The fraction of sp³-hybridized carbons (Fsp3) is 0.235. The van der Waals surface area contributed by atoms with Gasteiger partial charge in [0.25, 0.3) is 0 Å². The quantitative estimate of drug-likeness (QED) is 0.755. The van der Waals surface area contributed by atoms with E-state index in [1.54, 1.807) is 0 Å². The molecule has 0 amide bonds. The van der Waals surface area contributed by atoms with Gasteiger partial charge in [-0.2, -0.15) is 0 Å². The zero-order chi connectivity index (χ0) is 13.2. The summed E-state index contributed by atoms with van der Waals surface area (Å²) in [6, 6.07) is 15.3. The molecule has 2 nitrogen and oxygen atoms in total. The van der Waals surface area contributed by atoms with Gasteiger partial charge in [-0.05, 0) is 55.7 Å². The molecule has 1 aliphatic carbocycles. The van der Waals surface area contributed by atoms with Crippen molar-refractivity contribution in [2.24, 2.45) is 5.92 Å². The maximum atomic E-state index is 12.1. The Morgan fingerprint density at radius 2 is 1.79 bits per heavy atom. The molecule has 0 saturated heterocycles. The van der Waals surface area contributed by atoms with Crippen LogP contribution in [0.4, 0.5) is 0 Å². The van der Waals surface area contributed by atoms with Crippen LogP contribution in [-0.2, 0) is 0 Å². The van der Waals surface area contributed by atoms with Gasteiger partial charge in [-0.1, -0.05) is 18.2 Å². The van der Waals surface area contributed by atoms with Gasteiger partial charge in [-0.3, -0.25) is 4.79 Å². The number of aryl methyl sites for hydroxylation is 1. The molecule has 0 unspecified atom stereocenters. The van der Waals surface area contributed by atoms with E-state index < -0.39 is 0 Å². The number of benzene rings is 2. The van der Waals surface area contributed by atoms with Gasteiger partial charge in [0, 0.05) is 11.5 Å². The monoisotopic (exact) mass is 252 g/mol. The Balaban J connectivity index is 1.81. The third kappa shape index (κ3) is 2.68. The van der Waals surface area contributed by atoms with Crippen molar-refractivity contribution in [1.29, 1.82) is 0 Å². The molecular weight excluding hydrogens is 236 g/mol. The molecule has 2 aromatic carbocycles. The highest BCUT2D eigenvalue weighted by Crippen LogP contribution is 2.34. The summed E-state index contributed by atoms with van der Waals surface area (Å²) in [7, 11) is 0. The predicted molar refractivity (Wildman–Crippen MR) is 74.7 cm³/mol. The van der Waals surface area contributed by atoms with Crippen molar-refractivity contribution in [3.8, 4) is 11.5 Å². The first-order chi connectivity index (χ1) is 9.24. The van der Waals surface area contributed by atoms with Crippen LogP contribution in [0.15, 0.2) is 48.5 Å². The Labute approximate surface area is 113 Å². The molecular formula is C17H16O2. The molecule has 3 rings (SSSR count).